The second-order valence-electron chi connectivity index (χ2n) is 4.17. The lowest BCUT2D eigenvalue weighted by atomic mass is 10.1. The van der Waals surface area contributed by atoms with Crippen molar-refractivity contribution in [3.63, 3.8) is 0 Å². The molecule has 1 amide bonds. The van der Waals surface area contributed by atoms with Crippen LogP contribution in [0.2, 0.25) is 0 Å². The van der Waals surface area contributed by atoms with E-state index in [1.807, 2.05) is 0 Å². The molecule has 0 aliphatic carbocycles. The highest BCUT2D eigenvalue weighted by molar-refractivity contribution is 6.03. The zero-order valence-corrected chi connectivity index (χ0v) is 11.8. The molecule has 0 bridgehead atoms. The summed E-state index contributed by atoms with van der Waals surface area (Å²) < 4.78 is 23.8. The van der Waals surface area contributed by atoms with Crippen LogP contribution < -0.4 is 14.8 Å². The lowest BCUT2D eigenvalue weighted by Gasteiger charge is -2.08. The molecule has 1 aromatic heterocycles. The van der Waals surface area contributed by atoms with E-state index in [9.17, 15) is 9.18 Å². The number of methoxy groups -OCH3 is 2. The Kier molecular flexibility index (Phi) is 4.32. The summed E-state index contributed by atoms with van der Waals surface area (Å²) in [6.45, 7) is 1.58. The van der Waals surface area contributed by atoms with E-state index < -0.39 is 11.7 Å². The Labute approximate surface area is 120 Å². The van der Waals surface area contributed by atoms with Gasteiger partial charge in [-0.2, -0.15) is 9.97 Å². The fourth-order valence-electron chi connectivity index (χ4n) is 1.66. The zero-order chi connectivity index (χ0) is 15.4. The number of ether oxygens (including phenoxy) is 2. The van der Waals surface area contributed by atoms with Gasteiger partial charge in [-0.1, -0.05) is 12.1 Å². The molecule has 0 fully saturated rings. The molecule has 1 heterocycles. The van der Waals surface area contributed by atoms with E-state index in [0.29, 0.717) is 5.56 Å². The van der Waals surface area contributed by atoms with Gasteiger partial charge in [0.1, 0.15) is 5.82 Å². The molecule has 110 valence electrons. The van der Waals surface area contributed by atoms with Crippen molar-refractivity contribution in [3.05, 3.63) is 41.2 Å². The Balaban J connectivity index is 2.29. The van der Waals surface area contributed by atoms with Crippen LogP contribution in [0.3, 0.4) is 0 Å². The highest BCUT2D eigenvalue weighted by Crippen LogP contribution is 2.18. The van der Waals surface area contributed by atoms with Gasteiger partial charge >= 0.3 is 0 Å². The minimum atomic E-state index is -0.647. The first-order valence-corrected chi connectivity index (χ1v) is 6.08. The van der Waals surface area contributed by atoms with Gasteiger partial charge in [-0.3, -0.25) is 10.1 Å². The monoisotopic (exact) mass is 291 g/mol. The first-order chi connectivity index (χ1) is 10.0. The van der Waals surface area contributed by atoms with Crippen molar-refractivity contribution in [2.45, 2.75) is 6.92 Å². The van der Waals surface area contributed by atoms with Crippen molar-refractivity contribution in [2.75, 3.05) is 19.5 Å². The van der Waals surface area contributed by atoms with Crippen LogP contribution >= 0.6 is 0 Å². The number of nitrogens with zero attached hydrogens (tertiary/aromatic N) is 2. The molecule has 0 spiro atoms. The van der Waals surface area contributed by atoms with Gasteiger partial charge in [-0.25, -0.2) is 4.39 Å². The van der Waals surface area contributed by atoms with Crippen molar-refractivity contribution < 1.29 is 18.7 Å². The third-order valence-electron chi connectivity index (χ3n) is 2.76. The summed E-state index contributed by atoms with van der Waals surface area (Å²) in [4.78, 5) is 20.0. The Hall–Kier alpha value is -2.70. The van der Waals surface area contributed by atoms with Gasteiger partial charge in [0.15, 0.2) is 0 Å². The number of halogens is 1. The molecule has 0 saturated carbocycles. The zero-order valence-electron chi connectivity index (χ0n) is 11.8. The molecule has 1 N–H and O–H groups in total. The second kappa shape index (κ2) is 6.17. The number of hydrogen-bond acceptors (Lipinski definition) is 5. The molecule has 0 aliphatic heterocycles. The smallest absolute Gasteiger partial charge is 0.261 e. The number of benzene rings is 1. The van der Waals surface area contributed by atoms with Gasteiger partial charge in [-0.05, 0) is 18.6 Å². The fraction of sp³-hybridized carbons (Fsp3) is 0.214. The van der Waals surface area contributed by atoms with Crippen LogP contribution in [0.1, 0.15) is 15.9 Å². The first-order valence-electron chi connectivity index (χ1n) is 6.08. The fourth-order valence-corrected chi connectivity index (χ4v) is 1.66. The number of carbonyl (C=O) groups is 1. The first kappa shape index (κ1) is 14.7. The van der Waals surface area contributed by atoms with Crippen LogP contribution in [-0.2, 0) is 0 Å². The number of rotatable bonds is 4. The third-order valence-corrected chi connectivity index (χ3v) is 2.76. The minimum Gasteiger partial charge on any atom is -0.481 e. The summed E-state index contributed by atoms with van der Waals surface area (Å²) in [5.41, 5.74) is 0.298. The number of hydrogen-bond donors (Lipinski definition) is 1. The maximum atomic E-state index is 13.9. The second-order valence-corrected chi connectivity index (χ2v) is 4.17. The summed E-state index contributed by atoms with van der Waals surface area (Å²) in [6.07, 6.45) is 0. The Morgan fingerprint density at radius 2 is 1.81 bits per heavy atom. The van der Waals surface area contributed by atoms with E-state index in [1.165, 1.54) is 26.4 Å². The molecule has 1 aromatic carbocycles. The van der Waals surface area contributed by atoms with Crippen LogP contribution in [-0.4, -0.2) is 30.1 Å². The van der Waals surface area contributed by atoms with Gasteiger partial charge in [-0.15, -0.1) is 0 Å². The Morgan fingerprint density at radius 3 is 2.38 bits per heavy atom. The number of amides is 1. The maximum Gasteiger partial charge on any atom is 0.261 e. The van der Waals surface area contributed by atoms with Crippen molar-refractivity contribution in [1.29, 1.82) is 0 Å². The predicted octanol–water partition coefficient (Wildman–Crippen LogP) is 2.19. The number of aromatic nitrogens is 2. The number of carbonyl (C=O) groups excluding carboxylic acids is 1. The highest BCUT2D eigenvalue weighted by atomic mass is 19.1. The summed E-state index contributed by atoms with van der Waals surface area (Å²) in [6, 6.07) is 6.02. The number of aryl methyl sites for hydroxylation is 1. The van der Waals surface area contributed by atoms with Crippen LogP contribution in [0.5, 0.6) is 11.8 Å². The molecule has 0 atom stereocenters. The van der Waals surface area contributed by atoms with Crippen LogP contribution in [0, 0.1) is 12.7 Å². The molecule has 0 radical (unpaired) electrons. The SMILES string of the molecule is COc1cc(OC)nc(NC(=O)c2cccc(C)c2F)n1. The van der Waals surface area contributed by atoms with Gasteiger partial charge in [0.2, 0.25) is 17.7 Å². The normalized spacial score (nSPS) is 10.1. The minimum absolute atomic E-state index is 0.0305. The predicted molar refractivity (Wildman–Crippen MR) is 74.2 cm³/mol. The molecule has 0 unspecified atom stereocenters. The number of nitrogens with one attached hydrogen (secondary N) is 1. The topological polar surface area (TPSA) is 73.3 Å². The molecular weight excluding hydrogens is 277 g/mol. The average molecular weight is 291 g/mol. The largest absolute Gasteiger partial charge is 0.481 e. The molecule has 2 aromatic rings. The van der Waals surface area contributed by atoms with Crippen LogP contribution in [0.15, 0.2) is 24.3 Å². The van der Waals surface area contributed by atoms with Gasteiger partial charge in [0.25, 0.3) is 5.91 Å². The molecule has 21 heavy (non-hydrogen) atoms. The quantitative estimate of drug-likeness (QED) is 0.934. The summed E-state index contributed by atoms with van der Waals surface area (Å²) in [5.74, 6) is -0.808. The third kappa shape index (κ3) is 3.25. The Bertz CT molecular complexity index is 654. The molecule has 7 heteroatoms. The summed E-state index contributed by atoms with van der Waals surface area (Å²) in [7, 11) is 2.85. The van der Waals surface area contributed by atoms with Gasteiger partial charge in [0, 0.05) is 0 Å². The van der Waals surface area contributed by atoms with E-state index in [2.05, 4.69) is 15.3 Å². The van der Waals surface area contributed by atoms with Crippen molar-refractivity contribution >= 4 is 11.9 Å². The van der Waals surface area contributed by atoms with E-state index >= 15 is 0 Å². The summed E-state index contributed by atoms with van der Waals surface area (Å²) in [5, 5.41) is 2.41. The molecule has 2 rings (SSSR count). The van der Waals surface area contributed by atoms with Crippen LogP contribution in [0.4, 0.5) is 10.3 Å². The van der Waals surface area contributed by atoms with Crippen molar-refractivity contribution in [3.8, 4) is 11.8 Å². The van der Waals surface area contributed by atoms with E-state index in [-0.39, 0.29) is 23.3 Å². The standard InChI is InChI=1S/C14H14FN3O3/c1-8-5-4-6-9(12(8)15)13(19)18-14-16-10(20-2)7-11(17-14)21-3/h4-7H,1-3H3,(H,16,17,18,19). The van der Waals surface area contributed by atoms with Gasteiger partial charge < -0.3 is 9.47 Å². The van der Waals surface area contributed by atoms with E-state index in [4.69, 9.17) is 9.47 Å². The summed E-state index contributed by atoms with van der Waals surface area (Å²) >= 11 is 0. The highest BCUT2D eigenvalue weighted by Gasteiger charge is 2.15. The van der Waals surface area contributed by atoms with E-state index in [0.717, 1.165) is 0 Å². The molecule has 0 aliphatic rings. The van der Waals surface area contributed by atoms with Crippen molar-refractivity contribution in [1.82, 2.24) is 9.97 Å². The molecular formula is C14H14FN3O3. The van der Waals surface area contributed by atoms with Gasteiger partial charge in [0.05, 0.1) is 25.8 Å². The number of anilines is 1. The average Bonchev–Trinajstić information content (AvgIpc) is 2.49. The molecule has 0 saturated heterocycles. The maximum absolute atomic E-state index is 13.9. The lowest BCUT2D eigenvalue weighted by molar-refractivity contribution is 0.102. The Morgan fingerprint density at radius 1 is 1.19 bits per heavy atom. The lowest BCUT2D eigenvalue weighted by Crippen LogP contribution is -2.16. The van der Waals surface area contributed by atoms with Crippen LogP contribution in [0.25, 0.3) is 0 Å². The van der Waals surface area contributed by atoms with E-state index in [1.54, 1.807) is 19.1 Å². The molecule has 6 nitrogen and oxygen atoms in total. The van der Waals surface area contributed by atoms with Crippen molar-refractivity contribution in [2.24, 2.45) is 0 Å².